The van der Waals surface area contributed by atoms with E-state index in [9.17, 15) is 5.11 Å². The molecule has 0 saturated heterocycles. The molecule has 1 N–H and O–H groups in total. The minimum absolute atomic E-state index is 0.130. The molecule has 0 aromatic carbocycles. The fraction of sp³-hybridized carbons (Fsp3) is 1.00. The molecule has 0 bridgehead atoms. The summed E-state index contributed by atoms with van der Waals surface area (Å²) in [6.07, 6.45) is 3.11. The lowest BCUT2D eigenvalue weighted by Crippen LogP contribution is -2.46. The number of hydrogen-bond acceptors (Lipinski definition) is 3. The lowest BCUT2D eigenvalue weighted by molar-refractivity contribution is 0.0340. The van der Waals surface area contributed by atoms with Crippen LogP contribution >= 0.6 is 0 Å². The van der Waals surface area contributed by atoms with Gasteiger partial charge in [0, 0.05) is 25.7 Å². The molecule has 0 aromatic rings. The Balaban J connectivity index is 2.48. The minimum atomic E-state index is -0.130. The van der Waals surface area contributed by atoms with Crippen molar-refractivity contribution in [3.63, 3.8) is 0 Å². The first-order chi connectivity index (χ1) is 6.66. The number of aliphatic hydroxyl groups excluding tert-OH is 1. The fourth-order valence-corrected chi connectivity index (χ4v) is 2.31. The van der Waals surface area contributed by atoms with Crippen LogP contribution in [0.2, 0.25) is 0 Å². The molecule has 84 valence electrons. The van der Waals surface area contributed by atoms with Gasteiger partial charge in [0.15, 0.2) is 0 Å². The average Bonchev–Trinajstić information content (AvgIpc) is 2.52. The van der Waals surface area contributed by atoms with Crippen LogP contribution in [-0.2, 0) is 4.74 Å². The van der Waals surface area contributed by atoms with Crippen LogP contribution in [0, 0.1) is 0 Å². The molecule has 0 spiro atoms. The number of methoxy groups -OCH3 is 1. The van der Waals surface area contributed by atoms with Crippen LogP contribution in [0.3, 0.4) is 0 Å². The van der Waals surface area contributed by atoms with Crippen LogP contribution in [0.15, 0.2) is 0 Å². The lowest BCUT2D eigenvalue weighted by atomic mass is 10.1. The third kappa shape index (κ3) is 2.94. The predicted octanol–water partition coefficient (Wildman–Crippen LogP) is 1.26. The normalized spacial score (nSPS) is 27.9. The second kappa shape index (κ2) is 5.69. The first-order valence-corrected chi connectivity index (χ1v) is 5.59. The van der Waals surface area contributed by atoms with Crippen LogP contribution in [-0.4, -0.2) is 48.5 Å². The third-order valence-corrected chi connectivity index (χ3v) is 3.09. The van der Waals surface area contributed by atoms with Gasteiger partial charge >= 0.3 is 0 Å². The Morgan fingerprint density at radius 2 is 2.14 bits per heavy atom. The summed E-state index contributed by atoms with van der Waals surface area (Å²) < 4.78 is 5.09. The molecule has 0 aromatic heterocycles. The highest BCUT2D eigenvalue weighted by molar-refractivity contribution is 4.86. The lowest BCUT2D eigenvalue weighted by Gasteiger charge is -2.34. The average molecular weight is 201 g/mol. The molecule has 2 unspecified atom stereocenters. The maximum atomic E-state index is 9.83. The maximum Gasteiger partial charge on any atom is 0.0695 e. The Kier molecular flexibility index (Phi) is 4.85. The Morgan fingerprint density at radius 1 is 1.43 bits per heavy atom. The summed E-state index contributed by atoms with van der Waals surface area (Å²) in [7, 11) is 1.73. The molecule has 1 aliphatic carbocycles. The van der Waals surface area contributed by atoms with Gasteiger partial charge in [-0.25, -0.2) is 0 Å². The van der Waals surface area contributed by atoms with Crippen LogP contribution < -0.4 is 0 Å². The van der Waals surface area contributed by atoms with Gasteiger partial charge in [-0.05, 0) is 33.1 Å². The van der Waals surface area contributed by atoms with E-state index in [1.807, 2.05) is 0 Å². The van der Waals surface area contributed by atoms with Crippen LogP contribution in [0.1, 0.15) is 33.1 Å². The van der Waals surface area contributed by atoms with Crippen molar-refractivity contribution in [2.75, 3.05) is 20.3 Å². The zero-order valence-electron chi connectivity index (χ0n) is 9.57. The van der Waals surface area contributed by atoms with Gasteiger partial charge in [0.05, 0.1) is 12.7 Å². The van der Waals surface area contributed by atoms with Gasteiger partial charge in [-0.1, -0.05) is 0 Å². The summed E-state index contributed by atoms with van der Waals surface area (Å²) in [6.45, 7) is 6.04. The number of hydrogen-bond donors (Lipinski definition) is 1. The van der Waals surface area contributed by atoms with Gasteiger partial charge in [-0.15, -0.1) is 0 Å². The zero-order chi connectivity index (χ0) is 10.6. The Labute approximate surface area is 87.1 Å². The molecule has 0 heterocycles. The molecule has 3 heteroatoms. The van der Waals surface area contributed by atoms with E-state index in [0.717, 1.165) is 32.4 Å². The van der Waals surface area contributed by atoms with E-state index in [4.69, 9.17) is 4.74 Å². The maximum absolute atomic E-state index is 9.83. The first-order valence-electron chi connectivity index (χ1n) is 5.59. The fourth-order valence-electron chi connectivity index (χ4n) is 2.31. The van der Waals surface area contributed by atoms with Crippen LogP contribution in [0.25, 0.3) is 0 Å². The van der Waals surface area contributed by atoms with Crippen molar-refractivity contribution >= 4 is 0 Å². The number of ether oxygens (including phenoxy) is 1. The second-order valence-corrected chi connectivity index (χ2v) is 4.39. The van der Waals surface area contributed by atoms with Crippen molar-refractivity contribution in [1.29, 1.82) is 0 Å². The molecule has 0 aliphatic heterocycles. The highest BCUT2D eigenvalue weighted by atomic mass is 16.5. The van der Waals surface area contributed by atoms with Crippen LogP contribution in [0.4, 0.5) is 0 Å². The topological polar surface area (TPSA) is 32.7 Å². The molecule has 1 aliphatic rings. The SMILES string of the molecule is COCCN(C(C)C)C1CCCC1O. The highest BCUT2D eigenvalue weighted by Crippen LogP contribution is 2.25. The van der Waals surface area contributed by atoms with Crippen molar-refractivity contribution in [2.24, 2.45) is 0 Å². The number of nitrogens with zero attached hydrogens (tertiary/aromatic N) is 1. The van der Waals surface area contributed by atoms with E-state index in [1.54, 1.807) is 7.11 Å². The molecule has 1 saturated carbocycles. The van der Waals surface area contributed by atoms with E-state index in [-0.39, 0.29) is 6.10 Å². The van der Waals surface area contributed by atoms with Gasteiger partial charge in [0.25, 0.3) is 0 Å². The minimum Gasteiger partial charge on any atom is -0.391 e. The molecule has 14 heavy (non-hydrogen) atoms. The second-order valence-electron chi connectivity index (χ2n) is 4.39. The summed E-state index contributed by atoms with van der Waals surface area (Å²) >= 11 is 0. The van der Waals surface area contributed by atoms with Crippen molar-refractivity contribution in [2.45, 2.75) is 51.3 Å². The summed E-state index contributed by atoms with van der Waals surface area (Å²) in [5.74, 6) is 0. The van der Waals surface area contributed by atoms with E-state index >= 15 is 0 Å². The summed E-state index contributed by atoms with van der Waals surface area (Å²) in [4.78, 5) is 2.36. The van der Waals surface area contributed by atoms with Gasteiger partial charge < -0.3 is 9.84 Å². The van der Waals surface area contributed by atoms with Crippen molar-refractivity contribution in [3.8, 4) is 0 Å². The molecular formula is C11H23NO2. The van der Waals surface area contributed by atoms with E-state index in [1.165, 1.54) is 0 Å². The van der Waals surface area contributed by atoms with Crippen molar-refractivity contribution in [1.82, 2.24) is 4.90 Å². The smallest absolute Gasteiger partial charge is 0.0695 e. The molecule has 2 atom stereocenters. The quantitative estimate of drug-likeness (QED) is 0.727. The zero-order valence-corrected chi connectivity index (χ0v) is 9.57. The summed E-state index contributed by atoms with van der Waals surface area (Å²) in [5.41, 5.74) is 0. The number of rotatable bonds is 5. The van der Waals surface area contributed by atoms with E-state index in [2.05, 4.69) is 18.7 Å². The van der Waals surface area contributed by atoms with Crippen molar-refractivity contribution < 1.29 is 9.84 Å². The van der Waals surface area contributed by atoms with Gasteiger partial charge in [-0.2, -0.15) is 0 Å². The highest BCUT2D eigenvalue weighted by Gasteiger charge is 2.31. The molecule has 0 radical (unpaired) electrons. The Hall–Kier alpha value is -0.120. The third-order valence-electron chi connectivity index (χ3n) is 3.09. The number of aliphatic hydroxyl groups is 1. The Bertz CT molecular complexity index is 161. The van der Waals surface area contributed by atoms with Gasteiger partial charge in [-0.3, -0.25) is 4.90 Å². The summed E-state index contributed by atoms with van der Waals surface area (Å²) in [6, 6.07) is 0.841. The monoisotopic (exact) mass is 201 g/mol. The molecule has 3 nitrogen and oxygen atoms in total. The van der Waals surface area contributed by atoms with E-state index < -0.39 is 0 Å². The van der Waals surface area contributed by atoms with E-state index in [0.29, 0.717) is 12.1 Å². The largest absolute Gasteiger partial charge is 0.391 e. The van der Waals surface area contributed by atoms with Gasteiger partial charge in [0.1, 0.15) is 0 Å². The van der Waals surface area contributed by atoms with Crippen LogP contribution in [0.5, 0.6) is 0 Å². The summed E-state index contributed by atoms with van der Waals surface area (Å²) in [5, 5.41) is 9.83. The Morgan fingerprint density at radius 3 is 2.57 bits per heavy atom. The molecule has 1 fully saturated rings. The standard InChI is InChI=1S/C11H23NO2/c1-9(2)12(7-8-14-3)10-5-4-6-11(10)13/h9-11,13H,4-8H2,1-3H3. The first kappa shape index (κ1) is 12.0. The van der Waals surface area contributed by atoms with Crippen molar-refractivity contribution in [3.05, 3.63) is 0 Å². The molecule has 0 amide bonds. The predicted molar refractivity (Wildman–Crippen MR) is 57.4 cm³/mol. The van der Waals surface area contributed by atoms with Gasteiger partial charge in [0.2, 0.25) is 0 Å². The molecular weight excluding hydrogens is 178 g/mol. The molecule has 1 rings (SSSR count).